The molecule has 1 spiro atoms. The van der Waals surface area contributed by atoms with Gasteiger partial charge >= 0.3 is 0 Å². The molecule has 1 saturated carbocycles. The van der Waals surface area contributed by atoms with Gasteiger partial charge < -0.3 is 15.2 Å². The molecule has 4 rings (SSSR count). The second-order valence-corrected chi connectivity index (χ2v) is 7.64. The van der Waals surface area contributed by atoms with Crippen molar-refractivity contribution in [3.63, 3.8) is 0 Å². The number of hydrogen-bond donors (Lipinski definition) is 2. The Morgan fingerprint density at radius 3 is 2.61 bits per heavy atom. The Hall–Kier alpha value is -2.58. The number of hydrogen-bond acceptors (Lipinski definition) is 2. The number of nitrogens with one attached hydrogen (secondary N) is 2. The van der Waals surface area contributed by atoms with E-state index in [9.17, 15) is 27.2 Å². The van der Waals surface area contributed by atoms with Gasteiger partial charge in [0.15, 0.2) is 0 Å². The van der Waals surface area contributed by atoms with E-state index in [1.807, 2.05) is 0 Å². The first-order valence-corrected chi connectivity index (χ1v) is 9.11. The minimum atomic E-state index is -2.73. The normalized spacial score (nSPS) is 24.0. The van der Waals surface area contributed by atoms with Crippen molar-refractivity contribution in [1.29, 1.82) is 0 Å². The van der Waals surface area contributed by atoms with E-state index < -0.39 is 40.8 Å². The third kappa shape index (κ3) is 2.93. The number of rotatable bonds is 4. The van der Waals surface area contributed by atoms with Crippen molar-refractivity contribution < 1.29 is 27.2 Å². The van der Waals surface area contributed by atoms with Gasteiger partial charge in [0.1, 0.15) is 23.4 Å². The number of halogens is 4. The molecule has 2 unspecified atom stereocenters. The first-order valence-electron chi connectivity index (χ1n) is 9.11. The number of alkyl halides is 2. The molecule has 1 aromatic heterocycles. The molecule has 28 heavy (non-hydrogen) atoms. The Labute approximate surface area is 158 Å². The SMILES string of the molecule is CCC(NC(=O)c1cc2c(F)cc(F)cc2[nH]1)C(=O)N1CCC2(C1)CC2(F)F. The smallest absolute Gasteiger partial charge is 0.268 e. The van der Waals surface area contributed by atoms with Gasteiger partial charge in [-0.3, -0.25) is 9.59 Å². The van der Waals surface area contributed by atoms with E-state index in [0.29, 0.717) is 6.07 Å². The highest BCUT2D eigenvalue weighted by Gasteiger charge is 2.73. The summed E-state index contributed by atoms with van der Waals surface area (Å²) in [6.45, 7) is 1.92. The Bertz CT molecular complexity index is 973. The fraction of sp³-hybridized carbons (Fsp3) is 0.474. The molecule has 9 heteroatoms. The van der Waals surface area contributed by atoms with Crippen molar-refractivity contribution in [2.24, 2.45) is 5.41 Å². The molecule has 1 saturated heterocycles. The predicted molar refractivity (Wildman–Crippen MR) is 93.0 cm³/mol. The van der Waals surface area contributed by atoms with Crippen molar-refractivity contribution in [2.75, 3.05) is 13.1 Å². The molecule has 2 N–H and O–H groups in total. The summed E-state index contributed by atoms with van der Waals surface area (Å²) in [5.74, 6) is -5.37. The van der Waals surface area contributed by atoms with Gasteiger partial charge in [-0.15, -0.1) is 0 Å². The molecule has 2 amide bonds. The quantitative estimate of drug-likeness (QED) is 0.779. The van der Waals surface area contributed by atoms with E-state index >= 15 is 0 Å². The molecule has 2 atom stereocenters. The minimum Gasteiger partial charge on any atom is -0.350 e. The van der Waals surface area contributed by atoms with Crippen LogP contribution < -0.4 is 5.32 Å². The highest BCUT2D eigenvalue weighted by atomic mass is 19.3. The number of aromatic nitrogens is 1. The topological polar surface area (TPSA) is 65.2 Å². The van der Waals surface area contributed by atoms with Gasteiger partial charge in [-0.05, 0) is 25.0 Å². The molecular weight excluding hydrogens is 378 g/mol. The third-order valence-electron chi connectivity index (χ3n) is 5.79. The summed E-state index contributed by atoms with van der Waals surface area (Å²) in [6, 6.07) is 2.14. The fourth-order valence-corrected chi connectivity index (χ4v) is 3.96. The van der Waals surface area contributed by atoms with Crippen LogP contribution in [-0.2, 0) is 4.79 Å². The van der Waals surface area contributed by atoms with Crippen molar-refractivity contribution in [3.8, 4) is 0 Å². The van der Waals surface area contributed by atoms with Crippen LogP contribution in [-0.4, -0.2) is 46.8 Å². The summed E-state index contributed by atoms with van der Waals surface area (Å²) in [6.07, 6.45) is 0.320. The third-order valence-corrected chi connectivity index (χ3v) is 5.79. The van der Waals surface area contributed by atoms with Crippen LogP contribution in [0.2, 0.25) is 0 Å². The van der Waals surface area contributed by atoms with Crippen LogP contribution in [0.4, 0.5) is 17.6 Å². The molecule has 150 valence electrons. The largest absolute Gasteiger partial charge is 0.350 e. The summed E-state index contributed by atoms with van der Waals surface area (Å²) in [4.78, 5) is 29.2. The lowest BCUT2D eigenvalue weighted by molar-refractivity contribution is -0.132. The second-order valence-electron chi connectivity index (χ2n) is 7.64. The summed E-state index contributed by atoms with van der Waals surface area (Å²) in [5, 5.41) is 2.62. The minimum absolute atomic E-state index is 0.0118. The maximum atomic E-state index is 13.8. The Kier molecular flexibility index (Phi) is 4.17. The highest BCUT2D eigenvalue weighted by molar-refractivity contribution is 6.00. The molecule has 0 radical (unpaired) electrons. The Morgan fingerprint density at radius 2 is 2.00 bits per heavy atom. The lowest BCUT2D eigenvalue weighted by Gasteiger charge is -2.23. The van der Waals surface area contributed by atoms with Gasteiger partial charge in [0.05, 0.1) is 10.9 Å². The number of amides is 2. The Morgan fingerprint density at radius 1 is 1.29 bits per heavy atom. The number of carbonyl (C=O) groups is 2. The summed E-state index contributed by atoms with van der Waals surface area (Å²) < 4.78 is 54.2. The number of carbonyl (C=O) groups excluding carboxylic acids is 2. The van der Waals surface area contributed by atoms with Gasteiger partial charge in [-0.1, -0.05) is 6.92 Å². The molecule has 0 bridgehead atoms. The number of benzene rings is 1. The summed E-state index contributed by atoms with van der Waals surface area (Å²) in [7, 11) is 0. The van der Waals surface area contributed by atoms with E-state index in [0.717, 1.165) is 6.07 Å². The van der Waals surface area contributed by atoms with Crippen molar-refractivity contribution in [3.05, 3.63) is 35.5 Å². The number of nitrogens with zero attached hydrogens (tertiary/aromatic N) is 1. The van der Waals surface area contributed by atoms with Crippen LogP contribution >= 0.6 is 0 Å². The van der Waals surface area contributed by atoms with Crippen LogP contribution in [0, 0.1) is 17.0 Å². The average molecular weight is 397 g/mol. The zero-order valence-corrected chi connectivity index (χ0v) is 15.1. The molecule has 1 aliphatic carbocycles. The maximum Gasteiger partial charge on any atom is 0.268 e. The Balaban J connectivity index is 1.47. The molecule has 2 heterocycles. The number of aromatic amines is 1. The van der Waals surface area contributed by atoms with E-state index in [1.165, 1.54) is 11.0 Å². The van der Waals surface area contributed by atoms with Crippen molar-refractivity contribution in [1.82, 2.24) is 15.2 Å². The van der Waals surface area contributed by atoms with E-state index in [1.54, 1.807) is 6.92 Å². The average Bonchev–Trinajstić information content (AvgIpc) is 3.02. The molecular formula is C19H19F4N3O2. The van der Waals surface area contributed by atoms with Crippen molar-refractivity contribution >= 4 is 22.7 Å². The van der Waals surface area contributed by atoms with Crippen molar-refractivity contribution in [2.45, 2.75) is 38.2 Å². The number of fused-ring (bicyclic) bond motifs is 1. The first kappa shape index (κ1) is 18.8. The van der Waals surface area contributed by atoms with Gasteiger partial charge in [0.2, 0.25) is 5.91 Å². The molecule has 1 aliphatic heterocycles. The number of likely N-dealkylation sites (tertiary alicyclic amines) is 1. The monoisotopic (exact) mass is 397 g/mol. The van der Waals surface area contributed by atoms with Gasteiger partial charge in [0.25, 0.3) is 11.8 Å². The van der Waals surface area contributed by atoms with E-state index in [-0.39, 0.29) is 48.9 Å². The van der Waals surface area contributed by atoms with Crippen LogP contribution in [0.15, 0.2) is 18.2 Å². The molecule has 2 aromatic rings. The second kappa shape index (κ2) is 6.22. The highest BCUT2D eigenvalue weighted by Crippen LogP contribution is 2.65. The fourth-order valence-electron chi connectivity index (χ4n) is 3.96. The van der Waals surface area contributed by atoms with Gasteiger partial charge in [-0.2, -0.15) is 0 Å². The first-order chi connectivity index (χ1) is 13.2. The standard InChI is InChI=1S/C19H19F4N3O2/c1-2-13(17(28)26-4-3-18(9-26)8-19(18,22)23)25-16(27)15-7-11-12(21)5-10(20)6-14(11)24-15/h5-7,13,24H,2-4,8-9H2,1H3,(H,25,27). The van der Waals surface area contributed by atoms with Crippen LogP contribution in [0.25, 0.3) is 10.9 Å². The molecule has 1 aromatic carbocycles. The van der Waals surface area contributed by atoms with E-state index in [4.69, 9.17) is 0 Å². The van der Waals surface area contributed by atoms with Crippen LogP contribution in [0.1, 0.15) is 36.7 Å². The van der Waals surface area contributed by atoms with Gasteiger partial charge in [-0.25, -0.2) is 17.6 Å². The summed E-state index contributed by atoms with van der Waals surface area (Å²) in [5.41, 5.74) is -0.999. The maximum absolute atomic E-state index is 13.8. The zero-order chi connectivity index (χ0) is 20.3. The lowest BCUT2D eigenvalue weighted by atomic mass is 10.1. The molecule has 2 aliphatic rings. The van der Waals surface area contributed by atoms with E-state index in [2.05, 4.69) is 10.3 Å². The van der Waals surface area contributed by atoms with Gasteiger partial charge in [0, 0.05) is 31.0 Å². The summed E-state index contributed by atoms with van der Waals surface area (Å²) >= 11 is 0. The predicted octanol–water partition coefficient (Wildman–Crippen LogP) is 3.21. The lowest BCUT2D eigenvalue weighted by Crippen LogP contribution is -2.47. The van der Waals surface area contributed by atoms with Crippen LogP contribution in [0.5, 0.6) is 0 Å². The zero-order valence-electron chi connectivity index (χ0n) is 15.1. The number of H-pyrrole nitrogens is 1. The molecule has 2 fully saturated rings. The molecule has 5 nitrogen and oxygen atoms in total. The van der Waals surface area contributed by atoms with Crippen LogP contribution in [0.3, 0.4) is 0 Å².